The van der Waals surface area contributed by atoms with Crippen LogP contribution in [-0.2, 0) is 6.54 Å². The van der Waals surface area contributed by atoms with E-state index < -0.39 is 0 Å². The lowest BCUT2D eigenvalue weighted by atomic mass is 9.94. The third-order valence-corrected chi connectivity index (χ3v) is 3.29. The Labute approximate surface area is 96.2 Å². The molecule has 1 aliphatic heterocycles. The molecule has 2 rings (SSSR count). The topological polar surface area (TPSA) is 54.2 Å². The number of aromatic nitrogens is 2. The fourth-order valence-electron chi connectivity index (χ4n) is 2.40. The van der Waals surface area contributed by atoms with Crippen LogP contribution in [0.2, 0.25) is 0 Å². The van der Waals surface area contributed by atoms with Gasteiger partial charge in [-0.2, -0.15) is 4.98 Å². The Morgan fingerprint density at radius 3 is 2.94 bits per heavy atom. The molecule has 16 heavy (non-hydrogen) atoms. The molecule has 0 spiro atoms. The van der Waals surface area contributed by atoms with E-state index in [9.17, 15) is 0 Å². The van der Waals surface area contributed by atoms with Crippen molar-refractivity contribution in [1.82, 2.24) is 20.4 Å². The van der Waals surface area contributed by atoms with Gasteiger partial charge in [0.2, 0.25) is 5.89 Å². The predicted octanol–water partition coefficient (Wildman–Crippen LogP) is 0.808. The zero-order valence-electron chi connectivity index (χ0n) is 10.2. The Bertz CT molecular complexity index is 338. The molecule has 1 aliphatic rings. The summed E-state index contributed by atoms with van der Waals surface area (Å²) < 4.78 is 5.14. The summed E-state index contributed by atoms with van der Waals surface area (Å²) in [5.41, 5.74) is 0. The van der Waals surface area contributed by atoms with Gasteiger partial charge in [-0.25, -0.2) is 0 Å². The van der Waals surface area contributed by atoms with Crippen LogP contribution in [-0.4, -0.2) is 41.2 Å². The van der Waals surface area contributed by atoms with Crippen molar-refractivity contribution in [3.05, 3.63) is 11.7 Å². The van der Waals surface area contributed by atoms with Crippen LogP contribution < -0.4 is 5.32 Å². The largest absolute Gasteiger partial charge is 0.338 e. The van der Waals surface area contributed by atoms with E-state index in [0.717, 1.165) is 25.5 Å². The van der Waals surface area contributed by atoms with Gasteiger partial charge in [-0.15, -0.1) is 0 Å². The maximum absolute atomic E-state index is 5.14. The van der Waals surface area contributed by atoms with Crippen LogP contribution in [0, 0.1) is 12.8 Å². The maximum Gasteiger partial charge on any atom is 0.240 e. The number of likely N-dealkylation sites (tertiary alicyclic amines) is 1. The summed E-state index contributed by atoms with van der Waals surface area (Å²) in [6.07, 6.45) is 1.19. The van der Waals surface area contributed by atoms with Crippen molar-refractivity contribution in [3.63, 3.8) is 0 Å². The molecule has 0 aromatic carbocycles. The van der Waals surface area contributed by atoms with Gasteiger partial charge in [-0.3, -0.25) is 4.90 Å². The summed E-state index contributed by atoms with van der Waals surface area (Å²) in [6, 6.07) is 0.640. The normalized spacial score (nSPS) is 27.2. The number of piperidine rings is 1. The molecule has 0 bridgehead atoms. The van der Waals surface area contributed by atoms with Crippen LogP contribution in [0.3, 0.4) is 0 Å². The average molecular weight is 224 g/mol. The van der Waals surface area contributed by atoms with Gasteiger partial charge in [0, 0.05) is 19.1 Å². The summed E-state index contributed by atoms with van der Waals surface area (Å²) >= 11 is 0. The second-order valence-electron chi connectivity index (χ2n) is 4.63. The summed E-state index contributed by atoms with van der Waals surface area (Å²) in [5, 5.41) is 7.17. The molecule has 0 amide bonds. The first-order chi connectivity index (χ1) is 7.69. The van der Waals surface area contributed by atoms with Crippen molar-refractivity contribution in [3.8, 4) is 0 Å². The zero-order chi connectivity index (χ0) is 11.5. The van der Waals surface area contributed by atoms with E-state index in [1.54, 1.807) is 0 Å². The molecule has 2 heterocycles. The van der Waals surface area contributed by atoms with Crippen molar-refractivity contribution in [1.29, 1.82) is 0 Å². The first-order valence-electron chi connectivity index (χ1n) is 5.88. The van der Waals surface area contributed by atoms with E-state index >= 15 is 0 Å². The molecule has 1 N–H and O–H groups in total. The predicted molar refractivity (Wildman–Crippen MR) is 60.9 cm³/mol. The van der Waals surface area contributed by atoms with Gasteiger partial charge in [0.1, 0.15) is 0 Å². The third kappa shape index (κ3) is 2.59. The lowest BCUT2D eigenvalue weighted by Crippen LogP contribution is -2.46. The van der Waals surface area contributed by atoms with E-state index in [1.807, 2.05) is 14.0 Å². The smallest absolute Gasteiger partial charge is 0.240 e. The molecule has 1 aromatic heterocycles. The van der Waals surface area contributed by atoms with Crippen molar-refractivity contribution in [2.24, 2.45) is 5.92 Å². The second kappa shape index (κ2) is 4.93. The Morgan fingerprint density at radius 1 is 1.56 bits per heavy atom. The number of aryl methyl sites for hydroxylation is 1. The number of nitrogens with one attached hydrogen (secondary N) is 1. The van der Waals surface area contributed by atoms with Crippen LogP contribution in [0.5, 0.6) is 0 Å². The number of nitrogens with zero attached hydrogens (tertiary/aromatic N) is 3. The van der Waals surface area contributed by atoms with Crippen LogP contribution in [0.25, 0.3) is 0 Å². The summed E-state index contributed by atoms with van der Waals surface area (Å²) in [7, 11) is 2.04. The molecule has 0 radical (unpaired) electrons. The van der Waals surface area contributed by atoms with Crippen molar-refractivity contribution in [2.75, 3.05) is 20.1 Å². The SMILES string of the molecule is CNC1CCN(Cc2nc(C)no2)CC1C. The molecule has 0 saturated carbocycles. The highest BCUT2D eigenvalue weighted by Gasteiger charge is 2.25. The maximum atomic E-state index is 5.14. The fourth-order valence-corrected chi connectivity index (χ4v) is 2.40. The summed E-state index contributed by atoms with van der Waals surface area (Å²) in [5.74, 6) is 2.11. The van der Waals surface area contributed by atoms with Crippen LogP contribution in [0.15, 0.2) is 4.52 Å². The van der Waals surface area contributed by atoms with Gasteiger partial charge >= 0.3 is 0 Å². The van der Waals surface area contributed by atoms with Crippen molar-refractivity contribution < 1.29 is 4.52 Å². The van der Waals surface area contributed by atoms with Gasteiger partial charge in [-0.05, 0) is 26.3 Å². The molecule has 5 nitrogen and oxygen atoms in total. The molecule has 2 unspecified atom stereocenters. The van der Waals surface area contributed by atoms with Crippen molar-refractivity contribution >= 4 is 0 Å². The average Bonchev–Trinajstić information content (AvgIpc) is 2.64. The Morgan fingerprint density at radius 2 is 2.38 bits per heavy atom. The molecule has 1 aromatic rings. The first-order valence-corrected chi connectivity index (χ1v) is 5.88. The molecule has 1 fully saturated rings. The van der Waals surface area contributed by atoms with Crippen LogP contribution in [0.1, 0.15) is 25.1 Å². The van der Waals surface area contributed by atoms with Gasteiger partial charge in [-0.1, -0.05) is 12.1 Å². The third-order valence-electron chi connectivity index (χ3n) is 3.29. The minimum Gasteiger partial charge on any atom is -0.338 e. The Balaban J connectivity index is 1.88. The molecule has 0 aliphatic carbocycles. The number of rotatable bonds is 3. The van der Waals surface area contributed by atoms with Crippen LogP contribution in [0.4, 0.5) is 0 Å². The first kappa shape index (κ1) is 11.5. The van der Waals surface area contributed by atoms with E-state index in [1.165, 1.54) is 6.42 Å². The minimum absolute atomic E-state index is 0.640. The van der Waals surface area contributed by atoms with Gasteiger partial charge in [0.15, 0.2) is 5.82 Å². The van der Waals surface area contributed by atoms with Gasteiger partial charge in [0.25, 0.3) is 0 Å². The van der Waals surface area contributed by atoms with Gasteiger partial charge < -0.3 is 9.84 Å². The molecular formula is C11H20N4O. The lowest BCUT2D eigenvalue weighted by Gasteiger charge is -2.35. The molecular weight excluding hydrogens is 204 g/mol. The van der Waals surface area contributed by atoms with Gasteiger partial charge in [0.05, 0.1) is 6.54 Å². The monoisotopic (exact) mass is 224 g/mol. The standard InChI is InChI=1S/C11H20N4O/c1-8-6-15(5-4-10(8)12-3)7-11-13-9(2)14-16-11/h8,10,12H,4-7H2,1-3H3. The van der Waals surface area contributed by atoms with Crippen molar-refractivity contribution in [2.45, 2.75) is 32.9 Å². The molecule has 5 heteroatoms. The fraction of sp³-hybridized carbons (Fsp3) is 0.818. The summed E-state index contributed by atoms with van der Waals surface area (Å²) in [4.78, 5) is 6.61. The zero-order valence-corrected chi connectivity index (χ0v) is 10.2. The van der Waals surface area contributed by atoms with E-state index in [2.05, 4.69) is 27.3 Å². The second-order valence-corrected chi connectivity index (χ2v) is 4.63. The van der Waals surface area contributed by atoms with Crippen LogP contribution >= 0.6 is 0 Å². The molecule has 1 saturated heterocycles. The highest BCUT2D eigenvalue weighted by Crippen LogP contribution is 2.17. The van der Waals surface area contributed by atoms with E-state index in [4.69, 9.17) is 4.52 Å². The lowest BCUT2D eigenvalue weighted by molar-refractivity contribution is 0.131. The summed E-state index contributed by atoms with van der Waals surface area (Å²) in [6.45, 7) is 7.10. The quantitative estimate of drug-likeness (QED) is 0.823. The molecule has 90 valence electrons. The Hall–Kier alpha value is -0.940. The minimum atomic E-state index is 0.640. The van der Waals surface area contributed by atoms with E-state index in [-0.39, 0.29) is 0 Å². The Kier molecular flexibility index (Phi) is 3.56. The number of hydrogen-bond donors (Lipinski definition) is 1. The van der Waals surface area contributed by atoms with E-state index in [0.29, 0.717) is 17.8 Å². The molecule has 2 atom stereocenters. The highest BCUT2D eigenvalue weighted by molar-refractivity contribution is 4.87. The number of hydrogen-bond acceptors (Lipinski definition) is 5. The highest BCUT2D eigenvalue weighted by atomic mass is 16.5.